The molecule has 5 heteroatoms. The number of aromatic carboxylic acids is 1. The molecule has 0 amide bonds. The molecule has 0 aliphatic carbocycles. The highest BCUT2D eigenvalue weighted by molar-refractivity contribution is 6.13. The predicted octanol–water partition coefficient (Wildman–Crippen LogP) is 4.74. The van der Waals surface area contributed by atoms with Gasteiger partial charge in [0.05, 0.1) is 11.2 Å². The van der Waals surface area contributed by atoms with E-state index in [9.17, 15) is 9.90 Å². The van der Waals surface area contributed by atoms with Crippen LogP contribution in [0.15, 0.2) is 42.5 Å². The Morgan fingerprint density at radius 2 is 1.88 bits per heavy atom. The molecule has 4 aromatic rings. The van der Waals surface area contributed by atoms with E-state index in [1.165, 1.54) is 0 Å². The first kappa shape index (κ1) is 16.1. The predicted molar refractivity (Wildman–Crippen MR) is 105 cm³/mol. The molecule has 5 nitrogen and oxygen atoms in total. The molecule has 0 saturated heterocycles. The molecule has 130 valence electrons. The second kappa shape index (κ2) is 5.88. The number of rotatable bonds is 3. The lowest BCUT2D eigenvalue weighted by molar-refractivity contribution is 0.0691. The fourth-order valence-corrected chi connectivity index (χ4v) is 3.40. The maximum absolute atomic E-state index is 11.6. The quantitative estimate of drug-likeness (QED) is 0.501. The summed E-state index contributed by atoms with van der Waals surface area (Å²) in [5, 5.41) is 14.5. The number of carboxylic acid groups (broad SMARTS) is 1. The van der Waals surface area contributed by atoms with Gasteiger partial charge in [0.2, 0.25) is 0 Å². The molecular weight excluding hydrogens is 326 g/mol. The van der Waals surface area contributed by atoms with Gasteiger partial charge < -0.3 is 15.4 Å². The number of carboxylic acids is 1. The summed E-state index contributed by atoms with van der Waals surface area (Å²) < 4.78 is 0. The average molecular weight is 345 g/mol. The molecular formula is C21H19N3O2. The van der Waals surface area contributed by atoms with Crippen molar-refractivity contribution >= 4 is 33.5 Å². The second-order valence-corrected chi connectivity index (χ2v) is 6.54. The van der Waals surface area contributed by atoms with Gasteiger partial charge in [-0.15, -0.1) is 0 Å². The lowest BCUT2D eigenvalue weighted by Gasteiger charge is -2.10. The Kier molecular flexibility index (Phi) is 3.65. The van der Waals surface area contributed by atoms with Crippen molar-refractivity contribution < 1.29 is 9.90 Å². The molecule has 2 aromatic carbocycles. The minimum absolute atomic E-state index is 0.0473. The molecule has 2 heterocycles. The molecule has 0 fully saturated rings. The summed E-state index contributed by atoms with van der Waals surface area (Å²) in [6.45, 7) is 4.04. The van der Waals surface area contributed by atoms with E-state index < -0.39 is 5.97 Å². The average Bonchev–Trinajstić information content (AvgIpc) is 2.98. The lowest BCUT2D eigenvalue weighted by Crippen LogP contribution is -2.02. The van der Waals surface area contributed by atoms with Crippen molar-refractivity contribution in [2.45, 2.75) is 13.8 Å². The summed E-state index contributed by atoms with van der Waals surface area (Å²) in [4.78, 5) is 19.5. The van der Waals surface area contributed by atoms with Gasteiger partial charge in [-0.05, 0) is 49.2 Å². The molecule has 0 unspecified atom stereocenters. The summed E-state index contributed by atoms with van der Waals surface area (Å²) in [5.74, 6) is -1.03. The van der Waals surface area contributed by atoms with Gasteiger partial charge in [-0.3, -0.25) is 0 Å². The van der Waals surface area contributed by atoms with E-state index in [0.29, 0.717) is 5.69 Å². The van der Waals surface area contributed by atoms with Crippen LogP contribution < -0.4 is 5.32 Å². The van der Waals surface area contributed by atoms with Gasteiger partial charge >= 0.3 is 5.97 Å². The maximum Gasteiger partial charge on any atom is 0.354 e. The molecule has 0 aliphatic rings. The number of nitrogens with zero attached hydrogens (tertiary/aromatic N) is 1. The van der Waals surface area contributed by atoms with Crippen molar-refractivity contribution in [3.05, 3.63) is 59.3 Å². The van der Waals surface area contributed by atoms with Crippen LogP contribution in [0, 0.1) is 13.8 Å². The van der Waals surface area contributed by atoms with Crippen LogP contribution in [0.5, 0.6) is 0 Å². The summed E-state index contributed by atoms with van der Waals surface area (Å²) in [6.07, 6.45) is 0. The van der Waals surface area contributed by atoms with Crippen LogP contribution in [0.1, 0.15) is 21.6 Å². The summed E-state index contributed by atoms with van der Waals surface area (Å²) in [7, 11) is 1.87. The normalized spacial score (nSPS) is 11.2. The highest BCUT2D eigenvalue weighted by Crippen LogP contribution is 2.35. The number of benzene rings is 2. The molecule has 0 radical (unpaired) electrons. The van der Waals surface area contributed by atoms with Gasteiger partial charge in [-0.25, -0.2) is 9.78 Å². The number of nitrogens with one attached hydrogen (secondary N) is 2. The molecule has 2 aromatic heterocycles. The number of hydrogen-bond acceptors (Lipinski definition) is 3. The number of aryl methyl sites for hydroxylation is 2. The maximum atomic E-state index is 11.6. The van der Waals surface area contributed by atoms with E-state index in [0.717, 1.165) is 44.2 Å². The highest BCUT2D eigenvalue weighted by Gasteiger charge is 2.17. The van der Waals surface area contributed by atoms with Gasteiger partial charge in [-0.2, -0.15) is 0 Å². The molecule has 4 rings (SSSR count). The summed E-state index contributed by atoms with van der Waals surface area (Å²) in [6, 6.07) is 13.7. The Morgan fingerprint density at radius 3 is 2.58 bits per heavy atom. The van der Waals surface area contributed by atoms with Crippen LogP contribution in [-0.4, -0.2) is 28.1 Å². The van der Waals surface area contributed by atoms with Crippen LogP contribution in [0.2, 0.25) is 0 Å². The number of pyridine rings is 1. The van der Waals surface area contributed by atoms with Gasteiger partial charge in [0.1, 0.15) is 5.69 Å². The largest absolute Gasteiger partial charge is 0.477 e. The van der Waals surface area contributed by atoms with E-state index in [1.807, 2.05) is 51.2 Å². The minimum atomic E-state index is -1.03. The smallest absolute Gasteiger partial charge is 0.354 e. The molecule has 3 N–H and O–H groups in total. The fraction of sp³-hybridized carbons (Fsp3) is 0.143. The zero-order valence-electron chi connectivity index (χ0n) is 14.8. The number of carbonyl (C=O) groups is 1. The number of aromatic amines is 1. The number of hydrogen-bond donors (Lipinski definition) is 3. The van der Waals surface area contributed by atoms with E-state index in [1.54, 1.807) is 6.07 Å². The Labute approximate surface area is 150 Å². The van der Waals surface area contributed by atoms with Crippen LogP contribution in [0.25, 0.3) is 33.1 Å². The fourth-order valence-electron chi connectivity index (χ4n) is 3.40. The van der Waals surface area contributed by atoms with Crippen molar-refractivity contribution in [1.82, 2.24) is 9.97 Å². The third-order valence-electron chi connectivity index (χ3n) is 4.73. The third kappa shape index (κ3) is 2.49. The van der Waals surface area contributed by atoms with E-state index in [4.69, 9.17) is 0 Å². The van der Waals surface area contributed by atoms with E-state index in [-0.39, 0.29) is 5.69 Å². The monoisotopic (exact) mass is 345 g/mol. The highest BCUT2D eigenvalue weighted by atomic mass is 16.4. The van der Waals surface area contributed by atoms with Crippen molar-refractivity contribution in [3.8, 4) is 11.3 Å². The zero-order chi connectivity index (χ0) is 18.4. The van der Waals surface area contributed by atoms with Crippen LogP contribution in [0.4, 0.5) is 5.69 Å². The van der Waals surface area contributed by atoms with E-state index in [2.05, 4.69) is 21.4 Å². The molecule has 0 aliphatic heterocycles. The van der Waals surface area contributed by atoms with Gasteiger partial charge in [0.25, 0.3) is 0 Å². The first-order valence-corrected chi connectivity index (χ1v) is 8.43. The molecule has 0 saturated carbocycles. The van der Waals surface area contributed by atoms with Gasteiger partial charge in [0.15, 0.2) is 0 Å². The number of fused-ring (bicyclic) bond motifs is 3. The van der Waals surface area contributed by atoms with Crippen molar-refractivity contribution in [3.63, 3.8) is 0 Å². The van der Waals surface area contributed by atoms with E-state index >= 15 is 0 Å². The van der Waals surface area contributed by atoms with Crippen molar-refractivity contribution in [2.75, 3.05) is 12.4 Å². The standard InChI is InChI=1S/C21H19N3O2/c1-11-4-6-15-16-10-18(21(25)26)24-19(20(16)23-17(15)8-11)14-7-5-13(22-3)9-12(14)2/h4-10,22-23H,1-3H3,(H,25,26). The molecule has 0 spiro atoms. The SMILES string of the molecule is CNc1ccc(-c2nc(C(=O)O)cc3c2[nH]c2cc(C)ccc23)c(C)c1. The zero-order valence-corrected chi connectivity index (χ0v) is 14.8. The second-order valence-electron chi connectivity index (χ2n) is 6.54. The Hall–Kier alpha value is -3.34. The number of anilines is 1. The van der Waals surface area contributed by atoms with Crippen molar-refractivity contribution in [2.24, 2.45) is 0 Å². The topological polar surface area (TPSA) is 78.0 Å². The Bertz CT molecular complexity index is 1180. The Balaban J connectivity index is 2.10. The minimum Gasteiger partial charge on any atom is -0.477 e. The van der Waals surface area contributed by atoms with Crippen molar-refractivity contribution in [1.29, 1.82) is 0 Å². The first-order chi connectivity index (χ1) is 12.5. The lowest BCUT2D eigenvalue weighted by atomic mass is 10.0. The first-order valence-electron chi connectivity index (χ1n) is 8.43. The number of H-pyrrole nitrogens is 1. The third-order valence-corrected chi connectivity index (χ3v) is 4.73. The Morgan fingerprint density at radius 1 is 1.08 bits per heavy atom. The van der Waals surface area contributed by atoms with Gasteiger partial charge in [0, 0.05) is 34.6 Å². The van der Waals surface area contributed by atoms with Gasteiger partial charge in [-0.1, -0.05) is 18.2 Å². The summed E-state index contributed by atoms with van der Waals surface area (Å²) >= 11 is 0. The molecule has 0 atom stereocenters. The van der Waals surface area contributed by atoms with Crippen LogP contribution in [0.3, 0.4) is 0 Å². The molecule has 26 heavy (non-hydrogen) atoms. The van der Waals surface area contributed by atoms with Crippen LogP contribution in [-0.2, 0) is 0 Å². The number of aromatic nitrogens is 2. The molecule has 0 bridgehead atoms. The van der Waals surface area contributed by atoms with Crippen LogP contribution >= 0.6 is 0 Å². The summed E-state index contributed by atoms with van der Waals surface area (Å²) in [5.41, 5.74) is 6.64.